The zero-order valence-corrected chi connectivity index (χ0v) is 10.0. The normalized spacial score (nSPS) is 14.0. The van der Waals surface area contributed by atoms with Gasteiger partial charge in [-0.3, -0.25) is 0 Å². The minimum absolute atomic E-state index is 0.624. The van der Waals surface area contributed by atoms with Crippen LogP contribution in [0.1, 0.15) is 12.0 Å². The molecule has 82 valence electrons. The van der Waals surface area contributed by atoms with Crippen LogP contribution in [0.5, 0.6) is 11.5 Å². The second kappa shape index (κ2) is 4.86. The fourth-order valence-electron chi connectivity index (χ4n) is 1.66. The first kappa shape index (κ1) is 10.8. The van der Waals surface area contributed by atoms with E-state index in [1.807, 2.05) is 12.1 Å². The summed E-state index contributed by atoms with van der Waals surface area (Å²) in [5.74, 6) is 1.72. The third-order valence-corrected chi connectivity index (χ3v) is 3.13. The molecule has 3 nitrogen and oxygen atoms in total. The summed E-state index contributed by atoms with van der Waals surface area (Å²) in [6.07, 6.45) is 1.88. The van der Waals surface area contributed by atoms with Crippen LogP contribution in [0, 0.1) is 0 Å². The van der Waals surface area contributed by atoms with Crippen molar-refractivity contribution in [1.82, 2.24) is 0 Å². The Kier molecular flexibility index (Phi) is 3.49. The fourth-order valence-corrected chi connectivity index (χ4v) is 2.17. The molecule has 15 heavy (non-hydrogen) atoms. The highest BCUT2D eigenvalue weighted by atomic mass is 79.9. The van der Waals surface area contributed by atoms with E-state index in [-0.39, 0.29) is 0 Å². The maximum atomic E-state index is 5.64. The van der Waals surface area contributed by atoms with Crippen LogP contribution in [0.25, 0.3) is 0 Å². The average molecular weight is 272 g/mol. The zero-order valence-electron chi connectivity index (χ0n) is 8.46. The van der Waals surface area contributed by atoms with E-state index < -0.39 is 0 Å². The van der Waals surface area contributed by atoms with E-state index in [4.69, 9.17) is 15.2 Å². The van der Waals surface area contributed by atoms with Crippen LogP contribution in [-0.2, 0) is 6.42 Å². The van der Waals surface area contributed by atoms with Gasteiger partial charge in [-0.2, -0.15) is 0 Å². The molecule has 1 heterocycles. The van der Waals surface area contributed by atoms with Gasteiger partial charge in [-0.05, 0) is 31.5 Å². The van der Waals surface area contributed by atoms with Crippen LogP contribution in [0.3, 0.4) is 0 Å². The van der Waals surface area contributed by atoms with Gasteiger partial charge in [0, 0.05) is 10.0 Å². The van der Waals surface area contributed by atoms with Crippen LogP contribution in [0.15, 0.2) is 16.6 Å². The lowest BCUT2D eigenvalue weighted by Gasteiger charge is -2.21. The fraction of sp³-hybridized carbons (Fsp3) is 0.455. The monoisotopic (exact) mass is 271 g/mol. The van der Waals surface area contributed by atoms with Gasteiger partial charge in [-0.25, -0.2) is 0 Å². The molecule has 2 N–H and O–H groups in total. The standard InChI is InChI=1S/C11H14BrNO2/c12-9-3-4-10-11(15-7-6-14-10)8(9)2-1-5-13/h3-4H,1-2,5-7,13H2. The van der Waals surface area contributed by atoms with Crippen molar-refractivity contribution in [1.29, 1.82) is 0 Å². The van der Waals surface area contributed by atoms with Gasteiger partial charge < -0.3 is 15.2 Å². The lowest BCUT2D eigenvalue weighted by molar-refractivity contribution is 0.169. The molecule has 0 aliphatic carbocycles. The van der Waals surface area contributed by atoms with Crippen LogP contribution in [-0.4, -0.2) is 19.8 Å². The van der Waals surface area contributed by atoms with Gasteiger partial charge in [0.1, 0.15) is 13.2 Å². The molecule has 0 saturated carbocycles. The summed E-state index contributed by atoms with van der Waals surface area (Å²) >= 11 is 3.53. The number of ether oxygens (including phenoxy) is 2. The number of nitrogens with two attached hydrogens (primary N) is 1. The largest absolute Gasteiger partial charge is 0.486 e. The Morgan fingerprint density at radius 1 is 1.27 bits per heavy atom. The molecule has 0 unspecified atom stereocenters. The van der Waals surface area contributed by atoms with E-state index in [9.17, 15) is 0 Å². The summed E-state index contributed by atoms with van der Waals surface area (Å²) in [5.41, 5.74) is 6.68. The van der Waals surface area contributed by atoms with E-state index in [1.54, 1.807) is 0 Å². The van der Waals surface area contributed by atoms with Crippen molar-refractivity contribution < 1.29 is 9.47 Å². The first-order valence-electron chi connectivity index (χ1n) is 5.10. The molecule has 0 saturated heterocycles. The van der Waals surface area contributed by atoms with E-state index >= 15 is 0 Å². The van der Waals surface area contributed by atoms with Crippen molar-refractivity contribution in [3.05, 3.63) is 22.2 Å². The molecule has 0 aromatic heterocycles. The first-order valence-corrected chi connectivity index (χ1v) is 5.89. The molecule has 0 atom stereocenters. The van der Waals surface area contributed by atoms with Gasteiger partial charge in [-0.15, -0.1) is 0 Å². The van der Waals surface area contributed by atoms with E-state index in [2.05, 4.69) is 15.9 Å². The number of halogens is 1. The Morgan fingerprint density at radius 2 is 2.07 bits per heavy atom. The van der Waals surface area contributed by atoms with Crippen molar-refractivity contribution in [2.45, 2.75) is 12.8 Å². The Bertz CT molecular complexity index is 355. The molecule has 0 bridgehead atoms. The van der Waals surface area contributed by atoms with Crippen molar-refractivity contribution in [3.63, 3.8) is 0 Å². The first-order chi connectivity index (χ1) is 7.33. The zero-order chi connectivity index (χ0) is 10.7. The van der Waals surface area contributed by atoms with Crippen molar-refractivity contribution in [2.75, 3.05) is 19.8 Å². The molecule has 0 spiro atoms. The van der Waals surface area contributed by atoms with Crippen LogP contribution < -0.4 is 15.2 Å². The molecule has 1 aromatic rings. The molecule has 1 aromatic carbocycles. The predicted octanol–water partition coefficient (Wildman–Crippen LogP) is 2.11. The summed E-state index contributed by atoms with van der Waals surface area (Å²) in [7, 11) is 0. The lowest BCUT2D eigenvalue weighted by atomic mass is 10.1. The number of hydrogen-bond acceptors (Lipinski definition) is 3. The summed E-state index contributed by atoms with van der Waals surface area (Å²) in [6, 6.07) is 3.93. The Morgan fingerprint density at radius 3 is 2.87 bits per heavy atom. The van der Waals surface area contributed by atoms with Gasteiger partial charge >= 0.3 is 0 Å². The lowest BCUT2D eigenvalue weighted by Crippen LogP contribution is -2.17. The average Bonchev–Trinajstić information content (AvgIpc) is 2.28. The number of benzene rings is 1. The Labute approximate surface area is 97.7 Å². The summed E-state index contributed by atoms with van der Waals surface area (Å²) < 4.78 is 12.2. The van der Waals surface area contributed by atoms with E-state index in [0.29, 0.717) is 19.8 Å². The third kappa shape index (κ3) is 2.26. The molecule has 4 heteroatoms. The van der Waals surface area contributed by atoms with Crippen molar-refractivity contribution in [2.24, 2.45) is 5.73 Å². The van der Waals surface area contributed by atoms with Gasteiger partial charge in [0.05, 0.1) is 0 Å². The number of rotatable bonds is 3. The Balaban J connectivity index is 2.32. The maximum Gasteiger partial charge on any atom is 0.165 e. The third-order valence-electron chi connectivity index (χ3n) is 2.39. The van der Waals surface area contributed by atoms with Crippen LogP contribution in [0.4, 0.5) is 0 Å². The molecule has 0 amide bonds. The molecule has 1 aliphatic rings. The molecule has 1 aliphatic heterocycles. The highest BCUT2D eigenvalue weighted by molar-refractivity contribution is 9.10. The van der Waals surface area contributed by atoms with Gasteiger partial charge in [-0.1, -0.05) is 15.9 Å². The molecular formula is C11H14BrNO2. The predicted molar refractivity (Wildman–Crippen MR) is 62.5 cm³/mol. The topological polar surface area (TPSA) is 44.5 Å². The van der Waals surface area contributed by atoms with Gasteiger partial charge in [0.15, 0.2) is 11.5 Å². The van der Waals surface area contributed by atoms with E-state index in [1.165, 1.54) is 0 Å². The summed E-state index contributed by atoms with van der Waals surface area (Å²) in [4.78, 5) is 0. The molecule has 2 rings (SSSR count). The molecular weight excluding hydrogens is 258 g/mol. The smallest absolute Gasteiger partial charge is 0.165 e. The number of fused-ring (bicyclic) bond motifs is 1. The SMILES string of the molecule is NCCCc1c(Br)ccc2c1OCCO2. The van der Waals surface area contributed by atoms with Crippen LogP contribution >= 0.6 is 15.9 Å². The van der Waals surface area contributed by atoms with E-state index in [0.717, 1.165) is 34.4 Å². The molecule has 0 radical (unpaired) electrons. The van der Waals surface area contributed by atoms with Crippen LogP contribution in [0.2, 0.25) is 0 Å². The second-order valence-electron chi connectivity index (χ2n) is 3.44. The highest BCUT2D eigenvalue weighted by Gasteiger charge is 2.17. The quantitative estimate of drug-likeness (QED) is 0.916. The van der Waals surface area contributed by atoms with Crippen molar-refractivity contribution >= 4 is 15.9 Å². The van der Waals surface area contributed by atoms with Crippen molar-refractivity contribution in [3.8, 4) is 11.5 Å². The maximum absolute atomic E-state index is 5.64. The Hall–Kier alpha value is -0.740. The highest BCUT2D eigenvalue weighted by Crippen LogP contribution is 2.38. The molecule has 0 fully saturated rings. The van der Waals surface area contributed by atoms with Gasteiger partial charge in [0.2, 0.25) is 0 Å². The minimum Gasteiger partial charge on any atom is -0.486 e. The summed E-state index contributed by atoms with van der Waals surface area (Å²) in [5, 5.41) is 0. The minimum atomic E-state index is 0.624. The second-order valence-corrected chi connectivity index (χ2v) is 4.30. The van der Waals surface area contributed by atoms with Gasteiger partial charge in [0.25, 0.3) is 0 Å². The summed E-state index contributed by atoms with van der Waals surface area (Å²) in [6.45, 7) is 1.95. The number of hydrogen-bond donors (Lipinski definition) is 1.